The summed E-state index contributed by atoms with van der Waals surface area (Å²) in [7, 11) is -4.49. The summed E-state index contributed by atoms with van der Waals surface area (Å²) in [5.41, 5.74) is 4.73. The molecule has 1 unspecified atom stereocenters. The third kappa shape index (κ3) is 11.6. The van der Waals surface area contributed by atoms with E-state index in [1.807, 2.05) is 0 Å². The second-order valence-electron chi connectivity index (χ2n) is 12.2. The van der Waals surface area contributed by atoms with Crippen molar-refractivity contribution < 1.29 is 38.2 Å². The summed E-state index contributed by atoms with van der Waals surface area (Å²) in [6.07, 6.45) is 18.5. The second-order valence-corrected chi connectivity index (χ2v) is 13.7. The largest absolute Gasteiger partial charge is 0.472 e. The van der Waals surface area contributed by atoms with Crippen LogP contribution in [0.3, 0.4) is 0 Å². The molecule has 1 aliphatic heterocycles. The Morgan fingerprint density at radius 3 is 2.11 bits per heavy atom. The molecule has 0 spiro atoms. The van der Waals surface area contributed by atoms with E-state index in [2.05, 4.69) is 17.0 Å². The van der Waals surface area contributed by atoms with Crippen LogP contribution in [0.15, 0.2) is 18.5 Å². The zero-order valence-corrected chi connectivity index (χ0v) is 28.3. The number of hydrogen-bond donors (Lipinski definition) is 5. The lowest BCUT2D eigenvalue weighted by Gasteiger charge is -2.27. The first kappa shape index (κ1) is 38.5. The Labute approximate surface area is 273 Å². The fourth-order valence-electron chi connectivity index (χ4n) is 5.90. The quantitative estimate of drug-likeness (QED) is 0.0469. The van der Waals surface area contributed by atoms with Crippen LogP contribution in [0, 0.1) is 5.41 Å². The van der Waals surface area contributed by atoms with Crippen molar-refractivity contribution in [1.29, 1.82) is 5.41 Å². The molecule has 3 rings (SSSR count). The number of aromatic nitrogens is 3. The van der Waals surface area contributed by atoms with E-state index in [1.54, 1.807) is 12.1 Å². The van der Waals surface area contributed by atoms with E-state index in [0.717, 1.165) is 19.1 Å². The molecule has 262 valence electrons. The number of nitrogen functional groups attached to an aromatic ring is 1. The van der Waals surface area contributed by atoms with Gasteiger partial charge in [-0.25, -0.2) is 14.1 Å². The van der Waals surface area contributed by atoms with E-state index >= 15 is 0 Å². The highest BCUT2D eigenvalue weighted by atomic mass is 31.2. The molecule has 3 heterocycles. The number of rotatable bonds is 26. The number of aliphatic hydroxyl groups is 2. The predicted octanol–water partition coefficient (Wildman–Crippen LogP) is 5.69. The molecule has 0 radical (unpaired) electrons. The summed E-state index contributed by atoms with van der Waals surface area (Å²) in [6.45, 7) is 2.23. The third-order valence-electron chi connectivity index (χ3n) is 8.61. The number of nitrogens with zero attached hydrogens (tertiary/aromatic N) is 3. The fourth-order valence-corrected chi connectivity index (χ4v) is 6.62. The number of phosphoric acid groups is 1. The van der Waals surface area contributed by atoms with Gasteiger partial charge in [0.2, 0.25) is 0 Å². The highest BCUT2D eigenvalue weighted by molar-refractivity contribution is 7.47. The molecule has 1 saturated heterocycles. The van der Waals surface area contributed by atoms with Gasteiger partial charge in [0.25, 0.3) is 0 Å². The second kappa shape index (κ2) is 20.4. The first-order valence-corrected chi connectivity index (χ1v) is 18.6. The number of aliphatic hydroxyl groups excluding tert-OH is 2. The van der Waals surface area contributed by atoms with Gasteiger partial charge in [0.05, 0.1) is 25.5 Å². The van der Waals surface area contributed by atoms with Crippen molar-refractivity contribution in [2.75, 3.05) is 32.2 Å². The maximum Gasteiger partial charge on any atom is 0.472 e. The van der Waals surface area contributed by atoms with Gasteiger partial charge < -0.3 is 35.7 Å². The summed E-state index contributed by atoms with van der Waals surface area (Å²) in [5.74, 6) is 0.182. The zero-order valence-electron chi connectivity index (χ0n) is 27.4. The van der Waals surface area contributed by atoms with Gasteiger partial charge in [-0.1, -0.05) is 103 Å². The Bertz CT molecular complexity index is 1200. The van der Waals surface area contributed by atoms with Crippen molar-refractivity contribution in [2.24, 2.45) is 0 Å². The molecule has 0 aromatic carbocycles. The maximum absolute atomic E-state index is 12.4. The number of fused-ring (bicyclic) bond motifs is 1. The van der Waals surface area contributed by atoms with E-state index in [0.29, 0.717) is 12.1 Å². The van der Waals surface area contributed by atoms with Crippen LogP contribution in [0.2, 0.25) is 0 Å². The van der Waals surface area contributed by atoms with Crippen LogP contribution in [0.1, 0.15) is 115 Å². The average molecular weight is 670 g/mol. The third-order valence-corrected chi connectivity index (χ3v) is 9.60. The number of ether oxygens (including phenoxy) is 2. The van der Waals surface area contributed by atoms with Crippen LogP contribution in [-0.2, 0) is 28.7 Å². The van der Waals surface area contributed by atoms with Crippen molar-refractivity contribution in [1.82, 2.24) is 14.6 Å². The molecule has 0 aliphatic carbocycles. The van der Waals surface area contributed by atoms with Crippen LogP contribution in [-0.4, -0.2) is 80.7 Å². The molecule has 2 aromatic heterocycles. The van der Waals surface area contributed by atoms with Gasteiger partial charge in [-0.2, -0.15) is 5.10 Å². The van der Waals surface area contributed by atoms with Crippen LogP contribution < -0.4 is 5.73 Å². The minimum Gasteiger partial charge on any atom is -0.387 e. The van der Waals surface area contributed by atoms with Crippen molar-refractivity contribution in [2.45, 2.75) is 134 Å². The first-order valence-electron chi connectivity index (χ1n) is 17.1. The molecule has 0 bridgehead atoms. The molecule has 2 aromatic rings. The summed E-state index contributed by atoms with van der Waals surface area (Å²) >= 11 is 0. The van der Waals surface area contributed by atoms with Crippen LogP contribution in [0.4, 0.5) is 5.82 Å². The first-order chi connectivity index (χ1) is 22.3. The topological polar surface area (TPSA) is 195 Å². The maximum atomic E-state index is 12.4. The van der Waals surface area contributed by atoms with Crippen molar-refractivity contribution in [3.8, 4) is 0 Å². The number of nitrogens with two attached hydrogens (primary N) is 1. The summed E-state index contributed by atoms with van der Waals surface area (Å²) in [6, 6.07) is 3.14. The molecular weight excluding hydrogens is 613 g/mol. The molecule has 1 aliphatic rings. The normalized spacial score (nSPS) is 22.8. The number of unbranched alkanes of at least 4 members (excludes halogenated alkanes) is 15. The van der Waals surface area contributed by atoms with Gasteiger partial charge >= 0.3 is 7.82 Å². The molecule has 5 atom stereocenters. The highest BCUT2D eigenvalue weighted by Gasteiger charge is 2.56. The van der Waals surface area contributed by atoms with Crippen molar-refractivity contribution in [3.63, 3.8) is 0 Å². The predicted molar refractivity (Wildman–Crippen MR) is 177 cm³/mol. The Balaban J connectivity index is 1.21. The van der Waals surface area contributed by atoms with Crippen molar-refractivity contribution in [3.05, 3.63) is 24.2 Å². The van der Waals surface area contributed by atoms with E-state index in [1.165, 1.54) is 101 Å². The lowest BCUT2D eigenvalue weighted by molar-refractivity contribution is -0.0546. The van der Waals surface area contributed by atoms with Gasteiger partial charge in [-0.15, -0.1) is 0 Å². The van der Waals surface area contributed by atoms with Gasteiger partial charge in [-0.05, 0) is 18.6 Å². The minimum absolute atomic E-state index is 0.136. The zero-order chi connectivity index (χ0) is 33.3. The van der Waals surface area contributed by atoms with E-state index in [4.69, 9.17) is 29.7 Å². The summed E-state index contributed by atoms with van der Waals surface area (Å²) in [4.78, 5) is 14.0. The van der Waals surface area contributed by atoms with Crippen molar-refractivity contribution >= 4 is 25.4 Å². The van der Waals surface area contributed by atoms with Gasteiger partial charge in [0.15, 0.2) is 11.4 Å². The smallest absolute Gasteiger partial charge is 0.387 e. The Morgan fingerprint density at radius 2 is 1.52 bits per heavy atom. The molecular formula is C32H56N5O8P. The fraction of sp³-hybridized carbons (Fsp3) is 0.781. The SMILES string of the molecule is CCCCCCCCCCCCCCCCCCOCCOP(=O)(O)OC[C@H]1O[C@@](C=N)(c2ccc3c(N)ncnn23)[C@H](O)[C@@H]1O. The van der Waals surface area contributed by atoms with Gasteiger partial charge in [0, 0.05) is 12.8 Å². The summed E-state index contributed by atoms with van der Waals surface area (Å²) in [5, 5.41) is 33.6. The average Bonchev–Trinajstić information content (AvgIpc) is 3.59. The molecule has 0 saturated carbocycles. The van der Waals surface area contributed by atoms with Crippen LogP contribution in [0.5, 0.6) is 0 Å². The minimum atomic E-state index is -4.49. The lowest BCUT2D eigenvalue weighted by Crippen LogP contribution is -2.43. The Hall–Kier alpha value is -1.96. The Kier molecular flexibility index (Phi) is 17.1. The molecule has 46 heavy (non-hydrogen) atoms. The molecule has 14 heteroatoms. The summed E-state index contributed by atoms with van der Waals surface area (Å²) < 4.78 is 35.2. The molecule has 0 amide bonds. The number of anilines is 1. The monoisotopic (exact) mass is 669 g/mol. The highest BCUT2D eigenvalue weighted by Crippen LogP contribution is 2.45. The van der Waals surface area contributed by atoms with Gasteiger partial charge in [0.1, 0.15) is 30.2 Å². The lowest BCUT2D eigenvalue weighted by atomic mass is 9.92. The van der Waals surface area contributed by atoms with Crippen LogP contribution >= 0.6 is 7.82 Å². The van der Waals surface area contributed by atoms with Crippen LogP contribution in [0.25, 0.3) is 5.52 Å². The molecule has 6 N–H and O–H groups in total. The molecule has 13 nitrogen and oxygen atoms in total. The molecule has 1 fully saturated rings. The van der Waals surface area contributed by atoms with Gasteiger partial charge in [-0.3, -0.25) is 9.05 Å². The standard InChI is InChI=1S/C32H56N5O8P/c1-2-3-4-5-6-7-8-9-10-11-12-13-14-15-16-17-20-42-21-22-43-46(40,41)44-23-27-29(38)30(39)32(24-33,45-27)28-19-18-26-31(34)35-25-36-37(26)28/h18-19,24-25,27,29-30,33,38-39H,2-17,20-23H2,1H3,(H,40,41)(H2,34,35,36)/t27-,29-,30-,32+/m1/s1. The number of phosphoric ester groups is 1. The van der Waals surface area contributed by atoms with E-state index in [-0.39, 0.29) is 24.7 Å². The van der Waals surface area contributed by atoms with E-state index in [9.17, 15) is 19.7 Å². The van der Waals surface area contributed by atoms with E-state index < -0.39 is 38.3 Å². The number of nitrogens with one attached hydrogen (secondary N) is 1. The Morgan fingerprint density at radius 1 is 0.935 bits per heavy atom. The number of hydrogen-bond acceptors (Lipinski definition) is 11.